The Morgan fingerprint density at radius 1 is 0.415 bits per heavy atom. The van der Waals surface area contributed by atoms with Crippen molar-refractivity contribution in [1.82, 2.24) is 10.6 Å². The zero-order valence-corrected chi connectivity index (χ0v) is 32.8. The molecule has 14 nitrogen and oxygen atoms in total. The first-order valence-electron chi connectivity index (χ1n) is 20.6. The summed E-state index contributed by atoms with van der Waals surface area (Å²) in [5, 5.41) is 105. The smallest absolute Gasteiger partial charge is 0.235 e. The molecule has 0 rings (SSSR count). The molecule has 0 heterocycles. The molecule has 12 N–H and O–H groups in total. The molecule has 0 aliphatic carbocycles. The van der Waals surface area contributed by atoms with Crippen LogP contribution in [0.4, 0.5) is 0 Å². The van der Waals surface area contributed by atoms with Crippen molar-refractivity contribution in [3.63, 3.8) is 0 Å². The van der Waals surface area contributed by atoms with E-state index in [-0.39, 0.29) is 12.8 Å². The molecule has 0 saturated heterocycles. The first kappa shape index (κ1) is 51.5. The lowest BCUT2D eigenvalue weighted by Gasteiger charge is -2.33. The van der Waals surface area contributed by atoms with Crippen molar-refractivity contribution < 1.29 is 60.7 Å². The van der Waals surface area contributed by atoms with Gasteiger partial charge < -0.3 is 61.7 Å². The molecular weight excluding hydrogens is 688 g/mol. The Hall–Kier alpha value is -1.46. The molecule has 14 heteroatoms. The van der Waals surface area contributed by atoms with Gasteiger partial charge in [-0.15, -0.1) is 0 Å². The predicted molar refractivity (Wildman–Crippen MR) is 204 cm³/mol. The Morgan fingerprint density at radius 3 is 0.925 bits per heavy atom. The average Bonchev–Trinajstić information content (AvgIpc) is 3.17. The topological polar surface area (TPSA) is 260 Å². The van der Waals surface area contributed by atoms with Gasteiger partial charge in [-0.25, -0.2) is 0 Å². The lowest BCUT2D eigenvalue weighted by Crippen LogP contribution is -2.56. The van der Waals surface area contributed by atoms with E-state index in [0.29, 0.717) is 12.8 Å². The number of rotatable bonds is 36. The number of unbranched alkanes of at least 4 members (excludes halogenated alkanes) is 18. The summed E-state index contributed by atoms with van der Waals surface area (Å²) >= 11 is 0. The van der Waals surface area contributed by atoms with E-state index < -0.39 is 92.4 Å². The molecule has 0 aromatic heterocycles. The van der Waals surface area contributed by atoms with Gasteiger partial charge in [-0.05, 0) is 12.8 Å². The number of hydrogen-bond acceptors (Lipinski definition) is 12. The summed E-state index contributed by atoms with van der Waals surface area (Å²) < 4.78 is 0. The maximum absolute atomic E-state index is 14.1. The van der Waals surface area contributed by atoms with Crippen LogP contribution in [0.3, 0.4) is 0 Å². The van der Waals surface area contributed by atoms with Crippen molar-refractivity contribution in [2.45, 2.75) is 204 Å². The van der Waals surface area contributed by atoms with Gasteiger partial charge in [0, 0.05) is 13.1 Å². The fraction of sp³-hybridized carbons (Fsp3) is 0.949. The molecule has 0 aromatic carbocycles. The Labute approximate surface area is 318 Å². The average molecular weight is 767 g/mol. The van der Waals surface area contributed by atoms with Gasteiger partial charge in [0.05, 0.1) is 25.4 Å². The van der Waals surface area contributed by atoms with E-state index in [1.807, 2.05) is 0 Å². The third-order valence-corrected chi connectivity index (χ3v) is 10.4. The summed E-state index contributed by atoms with van der Waals surface area (Å²) in [5.74, 6) is -1.48. The van der Waals surface area contributed by atoms with Crippen molar-refractivity contribution in [3.8, 4) is 0 Å². The quantitative estimate of drug-likeness (QED) is 0.0321. The zero-order chi connectivity index (χ0) is 40.1. The van der Waals surface area contributed by atoms with E-state index in [4.69, 9.17) is 10.2 Å². The van der Waals surface area contributed by atoms with E-state index in [0.717, 1.165) is 64.2 Å². The maximum atomic E-state index is 14.1. The number of nitrogens with one attached hydrogen (secondary N) is 2. The number of amides is 2. The van der Waals surface area contributed by atoms with Crippen LogP contribution in [0.1, 0.15) is 155 Å². The number of carbonyl (C=O) groups is 2. The van der Waals surface area contributed by atoms with Gasteiger partial charge in [-0.2, -0.15) is 0 Å². The van der Waals surface area contributed by atoms with Gasteiger partial charge in [0.15, 0.2) is 0 Å². The summed E-state index contributed by atoms with van der Waals surface area (Å²) in [6, 6.07) is 0. The molecule has 0 aliphatic rings. The van der Waals surface area contributed by atoms with Crippen LogP contribution in [0.25, 0.3) is 0 Å². The number of hydrogen-bond donors (Lipinski definition) is 12. The van der Waals surface area contributed by atoms with Crippen molar-refractivity contribution in [2.75, 3.05) is 26.3 Å². The zero-order valence-electron chi connectivity index (χ0n) is 32.8. The maximum Gasteiger partial charge on any atom is 0.235 e. The van der Waals surface area contributed by atoms with Gasteiger partial charge >= 0.3 is 0 Å². The van der Waals surface area contributed by atoms with Crippen molar-refractivity contribution in [3.05, 3.63) is 0 Å². The standard InChI is InChI=1S/C39H78N2O12/c1-3-5-7-9-11-13-15-17-19-21-23-39(24-22-20-18-16-14-12-10-8-6-4-2,37(52)40-25-29(44)33(48)35(50)31(46)27-42)38(53)41-26-30(45)34(49)36(51)32(47)28-43/h29-36,42-51H,3-28H2,1-2H3,(H,40,52)(H,41,53)/t29-,30-,31+,32+,33+,34+,35-,36-/m0/s1. The molecule has 0 aromatic rings. The van der Waals surface area contributed by atoms with Crippen molar-refractivity contribution in [1.29, 1.82) is 0 Å². The van der Waals surface area contributed by atoms with Gasteiger partial charge in [0.1, 0.15) is 42.0 Å². The Morgan fingerprint density at radius 2 is 0.660 bits per heavy atom. The highest BCUT2D eigenvalue weighted by molar-refractivity contribution is 6.05. The van der Waals surface area contributed by atoms with Crippen LogP contribution >= 0.6 is 0 Å². The van der Waals surface area contributed by atoms with Crippen molar-refractivity contribution in [2.24, 2.45) is 5.41 Å². The lowest BCUT2D eigenvalue weighted by atomic mass is 9.75. The second kappa shape index (κ2) is 31.7. The first-order valence-corrected chi connectivity index (χ1v) is 20.6. The molecule has 2 amide bonds. The SMILES string of the molecule is CCCCCCCCCCCCC(CCCCCCCCCCCC)(C(=O)NC[C@H](O)[C@@H](O)[C@@H](O)[C@H](O)CO)C(=O)NC[C@H](O)[C@@H](O)[C@@H](O)[C@H](O)CO. The van der Waals surface area contributed by atoms with Gasteiger partial charge in [-0.1, -0.05) is 142 Å². The fourth-order valence-corrected chi connectivity index (χ4v) is 6.61. The van der Waals surface area contributed by atoms with Crippen molar-refractivity contribution >= 4 is 11.8 Å². The Bertz CT molecular complexity index is 831. The van der Waals surface area contributed by atoms with E-state index in [2.05, 4.69) is 24.5 Å². The molecular formula is C39H78N2O12. The van der Waals surface area contributed by atoms with E-state index in [1.54, 1.807) is 0 Å². The molecule has 0 radical (unpaired) electrons. The normalized spacial score (nSPS) is 16.7. The minimum atomic E-state index is -1.91. The highest BCUT2D eigenvalue weighted by Gasteiger charge is 2.45. The molecule has 0 saturated carbocycles. The highest BCUT2D eigenvalue weighted by Crippen LogP contribution is 2.34. The first-order chi connectivity index (χ1) is 25.3. The summed E-state index contributed by atoms with van der Waals surface area (Å²) in [7, 11) is 0. The fourth-order valence-electron chi connectivity index (χ4n) is 6.61. The second-order valence-corrected chi connectivity index (χ2v) is 15.0. The van der Waals surface area contributed by atoms with Crippen LogP contribution < -0.4 is 10.6 Å². The van der Waals surface area contributed by atoms with Crippen LogP contribution in [0.2, 0.25) is 0 Å². The number of carbonyl (C=O) groups excluding carboxylic acids is 2. The summed E-state index contributed by atoms with van der Waals surface area (Å²) in [4.78, 5) is 28.1. The second-order valence-electron chi connectivity index (χ2n) is 15.0. The van der Waals surface area contributed by atoms with Crippen LogP contribution in [0, 0.1) is 5.41 Å². The molecule has 8 atom stereocenters. The lowest BCUT2D eigenvalue weighted by molar-refractivity contribution is -0.147. The van der Waals surface area contributed by atoms with Crippen LogP contribution in [0.15, 0.2) is 0 Å². The number of aliphatic hydroxyl groups is 10. The van der Waals surface area contributed by atoms with Crippen LogP contribution in [-0.2, 0) is 9.59 Å². The van der Waals surface area contributed by atoms with E-state index in [9.17, 15) is 50.4 Å². The molecule has 53 heavy (non-hydrogen) atoms. The number of aliphatic hydroxyl groups excluding tert-OH is 10. The third kappa shape index (κ3) is 21.4. The molecule has 316 valence electrons. The monoisotopic (exact) mass is 767 g/mol. The van der Waals surface area contributed by atoms with Crippen LogP contribution in [0.5, 0.6) is 0 Å². The molecule has 0 fully saturated rings. The Balaban J connectivity index is 5.93. The predicted octanol–water partition coefficient (Wildman–Crippen LogP) is 1.70. The Kier molecular flexibility index (Phi) is 30.8. The largest absolute Gasteiger partial charge is 0.394 e. The summed E-state index contributed by atoms with van der Waals surface area (Å²) in [5.41, 5.74) is -1.68. The minimum Gasteiger partial charge on any atom is -0.394 e. The molecule has 0 spiro atoms. The van der Waals surface area contributed by atoms with E-state index >= 15 is 0 Å². The highest BCUT2D eigenvalue weighted by atomic mass is 16.4. The van der Waals surface area contributed by atoms with Gasteiger partial charge in [-0.3, -0.25) is 9.59 Å². The molecule has 0 unspecified atom stereocenters. The van der Waals surface area contributed by atoms with Crippen LogP contribution in [-0.4, -0.2) is 138 Å². The van der Waals surface area contributed by atoms with Gasteiger partial charge in [0.25, 0.3) is 0 Å². The third-order valence-electron chi connectivity index (χ3n) is 10.4. The van der Waals surface area contributed by atoms with Gasteiger partial charge in [0.2, 0.25) is 11.8 Å². The summed E-state index contributed by atoms with van der Waals surface area (Å²) in [6.07, 6.45) is 6.30. The minimum absolute atomic E-state index is 0.133. The molecule has 0 bridgehead atoms. The summed E-state index contributed by atoms with van der Waals surface area (Å²) in [6.45, 7) is 1.47. The molecule has 0 aliphatic heterocycles. The van der Waals surface area contributed by atoms with E-state index in [1.165, 1.54) is 51.4 Å².